The van der Waals surface area contributed by atoms with Crippen molar-refractivity contribution >= 4 is 17.9 Å². The van der Waals surface area contributed by atoms with Crippen molar-refractivity contribution in [3.63, 3.8) is 0 Å². The standard InChI is InChI=1S/C63H100O6/c1-4-7-10-13-16-19-22-25-28-30-31-33-36-38-41-44-47-50-53-56-62(65)68-59-60(69-63(66)57-54-51-48-45-42-39-34-27-24-21-18-15-12-9-6-3)58-67-61(64)55-52-49-46-43-40-37-35-32-29-26-23-20-17-14-11-8-5-2/h7,10,16,18-19,21,25-29,31,33-35,37-38,41-43,45-46,60H,4-6,8-9,11-15,17,20,22-24,30,32,36,39-40,44,47-59H2,1-3H3/b10-7-,19-16-,21-18-,28-25-,29-26-,33-31-,34-27-,37-35-,41-38-,45-42-,46-43-/t60-/m0/s1. The molecule has 0 aliphatic rings. The quantitative estimate of drug-likeness (QED) is 0.0262. The molecule has 0 saturated carbocycles. The first-order valence-electron chi connectivity index (χ1n) is 27.7. The maximum Gasteiger partial charge on any atom is 0.306 e. The summed E-state index contributed by atoms with van der Waals surface area (Å²) in [7, 11) is 0. The lowest BCUT2D eigenvalue weighted by Gasteiger charge is -2.18. The van der Waals surface area contributed by atoms with Gasteiger partial charge in [0.2, 0.25) is 0 Å². The van der Waals surface area contributed by atoms with Crippen molar-refractivity contribution in [1.82, 2.24) is 0 Å². The van der Waals surface area contributed by atoms with E-state index in [2.05, 4.69) is 154 Å². The molecule has 388 valence electrons. The van der Waals surface area contributed by atoms with Crippen LogP contribution in [0.3, 0.4) is 0 Å². The minimum atomic E-state index is -0.837. The molecule has 0 aliphatic carbocycles. The molecule has 0 bridgehead atoms. The molecule has 0 N–H and O–H groups in total. The van der Waals surface area contributed by atoms with Crippen LogP contribution in [-0.2, 0) is 28.6 Å². The molecule has 0 aromatic rings. The molecular weight excluding hydrogens is 853 g/mol. The highest BCUT2D eigenvalue weighted by Crippen LogP contribution is 2.11. The summed E-state index contributed by atoms with van der Waals surface area (Å²) in [5, 5.41) is 0. The van der Waals surface area contributed by atoms with Crippen LogP contribution in [-0.4, -0.2) is 37.2 Å². The number of hydrogen-bond acceptors (Lipinski definition) is 6. The fourth-order valence-electron chi connectivity index (χ4n) is 6.96. The van der Waals surface area contributed by atoms with Gasteiger partial charge in [-0.1, -0.05) is 206 Å². The monoisotopic (exact) mass is 953 g/mol. The molecule has 0 aromatic carbocycles. The van der Waals surface area contributed by atoms with E-state index in [4.69, 9.17) is 14.2 Å². The Morgan fingerprint density at radius 2 is 0.580 bits per heavy atom. The minimum Gasteiger partial charge on any atom is -0.462 e. The van der Waals surface area contributed by atoms with Gasteiger partial charge >= 0.3 is 17.9 Å². The summed E-state index contributed by atoms with van der Waals surface area (Å²) in [5.74, 6) is -1.06. The Bertz CT molecular complexity index is 1510. The van der Waals surface area contributed by atoms with Crippen LogP contribution < -0.4 is 0 Å². The lowest BCUT2D eigenvalue weighted by molar-refractivity contribution is -0.167. The highest BCUT2D eigenvalue weighted by molar-refractivity contribution is 5.71. The third-order valence-corrected chi connectivity index (χ3v) is 11.1. The van der Waals surface area contributed by atoms with E-state index in [9.17, 15) is 14.4 Å². The Kier molecular flexibility index (Phi) is 52.5. The average Bonchev–Trinajstić information content (AvgIpc) is 3.35. The average molecular weight is 953 g/mol. The number of ether oxygens (including phenoxy) is 3. The predicted octanol–water partition coefficient (Wildman–Crippen LogP) is 18.6. The number of allylic oxidation sites excluding steroid dienone is 22. The van der Waals surface area contributed by atoms with Crippen molar-refractivity contribution in [2.24, 2.45) is 0 Å². The number of esters is 3. The van der Waals surface area contributed by atoms with Gasteiger partial charge in [-0.05, 0) is 135 Å². The van der Waals surface area contributed by atoms with Crippen molar-refractivity contribution in [2.75, 3.05) is 13.2 Å². The molecule has 6 heteroatoms. The predicted molar refractivity (Wildman–Crippen MR) is 297 cm³/mol. The Hall–Kier alpha value is -4.45. The van der Waals surface area contributed by atoms with Crippen molar-refractivity contribution in [3.8, 4) is 0 Å². The van der Waals surface area contributed by atoms with Crippen molar-refractivity contribution < 1.29 is 28.6 Å². The van der Waals surface area contributed by atoms with E-state index in [0.717, 1.165) is 103 Å². The fourth-order valence-corrected chi connectivity index (χ4v) is 6.96. The van der Waals surface area contributed by atoms with Crippen molar-refractivity contribution in [2.45, 2.75) is 232 Å². The normalized spacial score (nSPS) is 13.1. The van der Waals surface area contributed by atoms with Gasteiger partial charge < -0.3 is 14.2 Å². The zero-order valence-corrected chi connectivity index (χ0v) is 44.3. The first-order chi connectivity index (χ1) is 34.0. The Labute approximate surface area is 424 Å². The van der Waals surface area contributed by atoms with Gasteiger partial charge in [-0.2, -0.15) is 0 Å². The van der Waals surface area contributed by atoms with E-state index in [1.54, 1.807) is 0 Å². The number of hydrogen-bond donors (Lipinski definition) is 0. The Balaban J connectivity index is 4.60. The second-order valence-corrected chi connectivity index (χ2v) is 17.7. The molecule has 0 unspecified atom stereocenters. The molecule has 69 heavy (non-hydrogen) atoms. The van der Waals surface area contributed by atoms with Crippen LogP contribution in [0.2, 0.25) is 0 Å². The van der Waals surface area contributed by atoms with Crippen molar-refractivity contribution in [1.29, 1.82) is 0 Å². The van der Waals surface area contributed by atoms with Crippen LogP contribution >= 0.6 is 0 Å². The molecule has 0 fully saturated rings. The van der Waals surface area contributed by atoms with Crippen LogP contribution in [0.25, 0.3) is 0 Å². The van der Waals surface area contributed by atoms with E-state index in [1.165, 1.54) is 70.6 Å². The van der Waals surface area contributed by atoms with Crippen LogP contribution in [0.5, 0.6) is 0 Å². The zero-order valence-electron chi connectivity index (χ0n) is 44.3. The molecule has 0 radical (unpaired) electrons. The third kappa shape index (κ3) is 54.4. The minimum absolute atomic E-state index is 0.131. The lowest BCUT2D eigenvalue weighted by atomic mass is 10.1. The molecule has 0 rings (SSSR count). The van der Waals surface area contributed by atoms with Crippen LogP contribution in [0.1, 0.15) is 226 Å². The van der Waals surface area contributed by atoms with E-state index >= 15 is 0 Å². The molecule has 0 heterocycles. The molecule has 0 spiro atoms. The van der Waals surface area contributed by atoms with Crippen molar-refractivity contribution in [3.05, 3.63) is 134 Å². The number of carbonyl (C=O) groups excluding carboxylic acids is 3. The highest BCUT2D eigenvalue weighted by Gasteiger charge is 2.19. The lowest BCUT2D eigenvalue weighted by Crippen LogP contribution is -2.30. The molecular formula is C63H100O6. The maximum atomic E-state index is 12.8. The summed E-state index contributed by atoms with van der Waals surface area (Å²) < 4.78 is 16.7. The van der Waals surface area contributed by atoms with Crippen LogP contribution in [0, 0.1) is 0 Å². The SMILES string of the molecule is CC/C=C\C/C=C\C/C=C\C/C=C\C/C=C\CCCCCC(=O)OC[C@H](COC(=O)CCC/C=C\C/C=C\C/C=C\CCCCCCCC)OC(=O)CCCC/C=C\C/C=C\C/C=C\CCCCC. The molecule has 6 nitrogen and oxygen atoms in total. The van der Waals surface area contributed by atoms with Gasteiger partial charge in [-0.25, -0.2) is 0 Å². The molecule has 0 saturated heterocycles. The van der Waals surface area contributed by atoms with Gasteiger partial charge in [0.15, 0.2) is 6.10 Å². The van der Waals surface area contributed by atoms with Gasteiger partial charge in [0, 0.05) is 19.3 Å². The van der Waals surface area contributed by atoms with E-state index in [-0.39, 0.29) is 44.0 Å². The summed E-state index contributed by atoms with van der Waals surface area (Å²) in [6.07, 6.45) is 78.7. The molecule has 0 aromatic heterocycles. The summed E-state index contributed by atoms with van der Waals surface area (Å²) in [6, 6.07) is 0. The van der Waals surface area contributed by atoms with Gasteiger partial charge in [-0.15, -0.1) is 0 Å². The molecule has 1 atom stereocenters. The van der Waals surface area contributed by atoms with Gasteiger partial charge in [0.05, 0.1) is 0 Å². The van der Waals surface area contributed by atoms with Gasteiger partial charge in [0.25, 0.3) is 0 Å². The fraction of sp³-hybridized carbons (Fsp3) is 0.603. The Morgan fingerprint density at radius 1 is 0.304 bits per heavy atom. The van der Waals surface area contributed by atoms with Gasteiger partial charge in [0.1, 0.15) is 13.2 Å². The highest BCUT2D eigenvalue weighted by atomic mass is 16.6. The first-order valence-corrected chi connectivity index (χ1v) is 27.7. The number of carbonyl (C=O) groups is 3. The Morgan fingerprint density at radius 3 is 1.00 bits per heavy atom. The summed E-state index contributed by atoms with van der Waals surface area (Å²) in [6.45, 7) is 6.37. The smallest absolute Gasteiger partial charge is 0.306 e. The largest absolute Gasteiger partial charge is 0.462 e. The second-order valence-electron chi connectivity index (χ2n) is 17.7. The topological polar surface area (TPSA) is 78.9 Å². The van der Waals surface area contributed by atoms with Gasteiger partial charge in [-0.3, -0.25) is 14.4 Å². The van der Waals surface area contributed by atoms with E-state index in [1.807, 2.05) is 0 Å². The zero-order chi connectivity index (χ0) is 50.0. The van der Waals surface area contributed by atoms with Crippen LogP contribution in [0.15, 0.2) is 134 Å². The summed E-state index contributed by atoms with van der Waals surface area (Å²) in [4.78, 5) is 38.1. The van der Waals surface area contributed by atoms with Crippen LogP contribution in [0.4, 0.5) is 0 Å². The third-order valence-electron chi connectivity index (χ3n) is 11.1. The number of rotatable bonds is 48. The first kappa shape index (κ1) is 64.5. The van der Waals surface area contributed by atoms with E-state index < -0.39 is 6.10 Å². The maximum absolute atomic E-state index is 12.8. The molecule has 0 amide bonds. The summed E-state index contributed by atoms with van der Waals surface area (Å²) >= 11 is 0. The number of unbranched alkanes of at least 4 members (excludes halogenated alkanes) is 15. The molecule has 0 aliphatic heterocycles. The van der Waals surface area contributed by atoms with E-state index in [0.29, 0.717) is 19.3 Å². The second kappa shape index (κ2) is 56.1. The summed E-state index contributed by atoms with van der Waals surface area (Å²) in [5.41, 5.74) is 0.